The predicted octanol–water partition coefficient (Wildman–Crippen LogP) is 3.18. The third kappa shape index (κ3) is 3.57. The van der Waals surface area contributed by atoms with Gasteiger partial charge in [-0.15, -0.1) is 0 Å². The average Bonchev–Trinajstić information content (AvgIpc) is 3.31. The van der Waals surface area contributed by atoms with Gasteiger partial charge in [-0.25, -0.2) is 18.4 Å². The second kappa shape index (κ2) is 7.35. The van der Waals surface area contributed by atoms with E-state index >= 15 is 0 Å². The van der Waals surface area contributed by atoms with E-state index in [0.29, 0.717) is 36.9 Å². The van der Waals surface area contributed by atoms with E-state index in [9.17, 15) is 8.42 Å². The van der Waals surface area contributed by atoms with Gasteiger partial charge in [0.2, 0.25) is 0 Å². The van der Waals surface area contributed by atoms with Crippen molar-refractivity contribution in [3.05, 3.63) is 41.7 Å². The molecule has 1 aliphatic rings. The Balaban J connectivity index is 1.77. The molecule has 0 radical (unpaired) electrons. The fourth-order valence-electron chi connectivity index (χ4n) is 4.33. The molecule has 0 unspecified atom stereocenters. The number of nitrogens with one attached hydrogen (secondary N) is 2. The van der Waals surface area contributed by atoms with Gasteiger partial charge in [0, 0.05) is 41.2 Å². The van der Waals surface area contributed by atoms with Gasteiger partial charge in [-0.05, 0) is 31.5 Å². The highest BCUT2D eigenvalue weighted by Crippen LogP contribution is 2.35. The summed E-state index contributed by atoms with van der Waals surface area (Å²) in [5.74, 6) is 1.37. The molecule has 4 heterocycles. The van der Waals surface area contributed by atoms with Gasteiger partial charge in [0.25, 0.3) is 0 Å². The molecule has 1 atom stereocenters. The van der Waals surface area contributed by atoms with Crippen LogP contribution in [0.2, 0.25) is 0 Å². The van der Waals surface area contributed by atoms with Crippen LogP contribution in [-0.4, -0.2) is 60.4 Å². The van der Waals surface area contributed by atoms with E-state index in [4.69, 9.17) is 14.7 Å². The number of rotatable bonds is 4. The Morgan fingerprint density at radius 3 is 2.87 bits per heavy atom. The Morgan fingerprint density at radius 1 is 1.26 bits per heavy atom. The van der Waals surface area contributed by atoms with Crippen molar-refractivity contribution < 1.29 is 13.2 Å². The van der Waals surface area contributed by atoms with E-state index in [-0.39, 0.29) is 11.8 Å². The number of nitrogens with zero attached hydrogens (tertiary/aromatic N) is 3. The molecule has 1 fully saturated rings. The van der Waals surface area contributed by atoms with Crippen LogP contribution in [0.3, 0.4) is 0 Å². The molecule has 4 aromatic rings. The van der Waals surface area contributed by atoms with Crippen LogP contribution in [0.5, 0.6) is 0 Å². The zero-order valence-corrected chi connectivity index (χ0v) is 18.6. The topological polar surface area (TPSA) is 104 Å². The largest absolute Gasteiger partial charge is 0.377 e. The quantitative estimate of drug-likeness (QED) is 0.506. The number of ether oxygens (including phenoxy) is 1. The molecule has 0 saturated carbocycles. The van der Waals surface area contributed by atoms with Crippen LogP contribution < -0.4 is 4.90 Å². The fourth-order valence-corrected chi connectivity index (χ4v) is 5.14. The maximum atomic E-state index is 12.0. The molecule has 0 bridgehead atoms. The first-order chi connectivity index (χ1) is 14.8. The second-order valence-electron chi connectivity index (χ2n) is 8.25. The lowest BCUT2D eigenvalue weighted by molar-refractivity contribution is 0.0987. The molecule has 162 valence electrons. The molecule has 1 saturated heterocycles. The minimum atomic E-state index is -3.20. The molecule has 2 N–H and O–H groups in total. The maximum Gasteiger partial charge on any atom is 0.164 e. The molecular formula is C22H25N5O3S. The van der Waals surface area contributed by atoms with Crippen LogP contribution in [0.4, 0.5) is 5.82 Å². The van der Waals surface area contributed by atoms with Gasteiger partial charge < -0.3 is 19.6 Å². The monoisotopic (exact) mass is 439 g/mol. The molecule has 9 heteroatoms. The van der Waals surface area contributed by atoms with Crippen molar-refractivity contribution >= 4 is 37.6 Å². The van der Waals surface area contributed by atoms with E-state index in [0.717, 1.165) is 33.2 Å². The number of hydrogen-bond donors (Lipinski definition) is 2. The van der Waals surface area contributed by atoms with Crippen molar-refractivity contribution in [2.24, 2.45) is 0 Å². The van der Waals surface area contributed by atoms with Gasteiger partial charge in [0.15, 0.2) is 15.7 Å². The minimum Gasteiger partial charge on any atom is -0.377 e. The number of aromatic amines is 2. The third-order valence-corrected chi connectivity index (χ3v) is 6.68. The van der Waals surface area contributed by atoms with Crippen molar-refractivity contribution in [2.75, 3.05) is 30.9 Å². The molecule has 3 aromatic heterocycles. The molecule has 5 rings (SSSR count). The molecular weight excluding hydrogens is 414 g/mol. The number of aromatic nitrogens is 4. The normalized spacial score (nSPS) is 17.6. The Hall–Kier alpha value is -2.91. The zero-order valence-electron chi connectivity index (χ0n) is 17.8. The summed E-state index contributed by atoms with van der Waals surface area (Å²) in [6, 6.07) is 8.18. The fraction of sp³-hybridized carbons (Fsp3) is 0.364. The van der Waals surface area contributed by atoms with Gasteiger partial charge in [-0.3, -0.25) is 0 Å². The van der Waals surface area contributed by atoms with E-state index in [1.54, 1.807) is 0 Å². The lowest BCUT2D eigenvalue weighted by Crippen LogP contribution is -2.44. The van der Waals surface area contributed by atoms with Gasteiger partial charge in [-0.2, -0.15) is 0 Å². The van der Waals surface area contributed by atoms with Crippen LogP contribution in [0.25, 0.3) is 33.3 Å². The lowest BCUT2D eigenvalue weighted by atomic mass is 10.1. The minimum absolute atomic E-state index is 0.0595. The average molecular weight is 440 g/mol. The highest BCUT2D eigenvalue weighted by molar-refractivity contribution is 7.89. The summed E-state index contributed by atoms with van der Waals surface area (Å²) in [7, 11) is -3.20. The lowest BCUT2D eigenvalue weighted by Gasteiger charge is -2.34. The first-order valence-electron chi connectivity index (χ1n) is 10.3. The van der Waals surface area contributed by atoms with Gasteiger partial charge in [-0.1, -0.05) is 12.1 Å². The van der Waals surface area contributed by atoms with Crippen molar-refractivity contribution in [3.8, 4) is 11.4 Å². The van der Waals surface area contributed by atoms with Gasteiger partial charge in [0.05, 0.1) is 30.4 Å². The second-order valence-corrected chi connectivity index (χ2v) is 10.4. The standard InChI is InChI=1S/C22H25N5O3S/c1-13-11-30-10-9-27(13)22-19-14(2)18(12-31(3,28)29)24-21(19)25-20(26-22)16-5-4-6-17-15(16)7-8-23-17/h4-8,13,23H,9-12H2,1-3H3,(H,24,25,26)/t13-/m1/s1. The smallest absolute Gasteiger partial charge is 0.164 e. The Kier molecular flexibility index (Phi) is 4.75. The van der Waals surface area contributed by atoms with Crippen molar-refractivity contribution in [1.82, 2.24) is 19.9 Å². The number of aryl methyl sites for hydroxylation is 1. The number of sulfone groups is 1. The molecule has 0 amide bonds. The molecule has 8 nitrogen and oxygen atoms in total. The summed E-state index contributed by atoms with van der Waals surface area (Å²) in [5, 5.41) is 1.92. The first kappa shape index (κ1) is 20.0. The van der Waals surface area contributed by atoms with E-state index < -0.39 is 9.84 Å². The van der Waals surface area contributed by atoms with Crippen LogP contribution in [0, 0.1) is 6.92 Å². The Morgan fingerprint density at radius 2 is 2.10 bits per heavy atom. The summed E-state index contributed by atoms with van der Waals surface area (Å²) in [4.78, 5) is 18.6. The number of anilines is 1. The number of morpholine rings is 1. The summed E-state index contributed by atoms with van der Waals surface area (Å²) in [6.07, 6.45) is 3.15. The highest BCUT2D eigenvalue weighted by atomic mass is 32.2. The van der Waals surface area contributed by atoms with Crippen LogP contribution in [-0.2, 0) is 20.3 Å². The first-order valence-corrected chi connectivity index (χ1v) is 12.4. The van der Waals surface area contributed by atoms with Crippen molar-refractivity contribution in [2.45, 2.75) is 25.6 Å². The van der Waals surface area contributed by atoms with Crippen LogP contribution >= 0.6 is 0 Å². The summed E-state index contributed by atoms with van der Waals surface area (Å²) in [6.45, 7) is 6.00. The van der Waals surface area contributed by atoms with E-state index in [1.807, 2.05) is 37.4 Å². The molecule has 31 heavy (non-hydrogen) atoms. The van der Waals surface area contributed by atoms with E-state index in [2.05, 4.69) is 21.8 Å². The summed E-state index contributed by atoms with van der Waals surface area (Å²) >= 11 is 0. The molecule has 0 spiro atoms. The molecule has 1 aliphatic heterocycles. The summed E-state index contributed by atoms with van der Waals surface area (Å²) < 4.78 is 29.6. The SMILES string of the molecule is Cc1c(CS(C)(=O)=O)[nH]c2nc(-c3cccc4[nH]ccc34)nc(N3CCOC[C@H]3C)c12. The summed E-state index contributed by atoms with van der Waals surface area (Å²) in [5.41, 5.74) is 4.14. The number of hydrogen-bond acceptors (Lipinski definition) is 6. The van der Waals surface area contributed by atoms with Crippen molar-refractivity contribution in [1.29, 1.82) is 0 Å². The van der Waals surface area contributed by atoms with E-state index in [1.165, 1.54) is 6.26 Å². The molecule has 1 aromatic carbocycles. The molecule has 0 aliphatic carbocycles. The number of fused-ring (bicyclic) bond motifs is 2. The van der Waals surface area contributed by atoms with Crippen molar-refractivity contribution in [3.63, 3.8) is 0 Å². The maximum absolute atomic E-state index is 12.0. The van der Waals surface area contributed by atoms with Crippen LogP contribution in [0.1, 0.15) is 18.2 Å². The highest BCUT2D eigenvalue weighted by Gasteiger charge is 2.27. The van der Waals surface area contributed by atoms with Crippen LogP contribution in [0.15, 0.2) is 30.5 Å². The Labute approximate surface area is 180 Å². The number of benzene rings is 1. The predicted molar refractivity (Wildman–Crippen MR) is 122 cm³/mol. The van der Waals surface area contributed by atoms with Gasteiger partial charge >= 0.3 is 0 Å². The van der Waals surface area contributed by atoms with Gasteiger partial charge in [0.1, 0.15) is 11.5 Å². The Bertz CT molecular complexity index is 1390. The number of H-pyrrole nitrogens is 2. The third-order valence-electron chi connectivity index (χ3n) is 5.87. The zero-order chi connectivity index (χ0) is 21.8.